The summed E-state index contributed by atoms with van der Waals surface area (Å²) in [7, 11) is 0. The van der Waals surface area contributed by atoms with Gasteiger partial charge in [-0.1, -0.05) is 36.2 Å². The lowest BCUT2D eigenvalue weighted by molar-refractivity contribution is 0.189. The summed E-state index contributed by atoms with van der Waals surface area (Å²) in [5.41, 5.74) is 0.449. The predicted molar refractivity (Wildman–Crippen MR) is 80.2 cm³/mol. The number of fused-ring (bicyclic) bond motifs is 2. The number of rotatable bonds is 5. The van der Waals surface area contributed by atoms with Crippen LogP contribution in [0.25, 0.3) is 0 Å². The predicted octanol–water partition coefficient (Wildman–Crippen LogP) is 3.68. The molecule has 0 aliphatic heterocycles. The van der Waals surface area contributed by atoms with Gasteiger partial charge in [0.05, 0.1) is 0 Å². The van der Waals surface area contributed by atoms with E-state index in [1.165, 1.54) is 31.5 Å². The first-order valence-corrected chi connectivity index (χ1v) is 8.68. The summed E-state index contributed by atoms with van der Waals surface area (Å²) in [5.74, 6) is 3.70. The highest BCUT2D eigenvalue weighted by Gasteiger charge is 2.50. The molecule has 1 aromatic heterocycles. The van der Waals surface area contributed by atoms with Crippen LogP contribution in [0.3, 0.4) is 0 Å². The number of nitrogens with zero attached hydrogens (tertiary/aromatic N) is 3. The number of hydrogen-bond donors (Lipinski definition) is 0. The minimum absolute atomic E-state index is 0.449. The van der Waals surface area contributed by atoms with Crippen molar-refractivity contribution >= 4 is 15.9 Å². The number of alkyl halides is 1. The van der Waals surface area contributed by atoms with E-state index in [1.54, 1.807) is 6.33 Å². The topological polar surface area (TPSA) is 30.7 Å². The highest BCUT2D eigenvalue weighted by molar-refractivity contribution is 9.09. The van der Waals surface area contributed by atoms with Crippen molar-refractivity contribution in [3.63, 3.8) is 0 Å². The normalized spacial score (nSPS) is 33.5. The second kappa shape index (κ2) is 5.19. The maximum absolute atomic E-state index is 4.54. The molecule has 0 aromatic carbocycles. The van der Waals surface area contributed by atoms with Gasteiger partial charge in [-0.2, -0.15) is 5.10 Å². The van der Waals surface area contributed by atoms with Crippen molar-refractivity contribution in [2.45, 2.75) is 52.5 Å². The Hall–Kier alpha value is -0.380. The van der Waals surface area contributed by atoms with E-state index in [-0.39, 0.29) is 0 Å². The molecule has 1 heterocycles. The van der Waals surface area contributed by atoms with Crippen LogP contribution in [0.4, 0.5) is 0 Å². The lowest BCUT2D eigenvalue weighted by Gasteiger charge is -2.36. The molecule has 3 unspecified atom stereocenters. The van der Waals surface area contributed by atoms with E-state index < -0.39 is 0 Å². The Balaban J connectivity index is 1.78. The van der Waals surface area contributed by atoms with Crippen LogP contribution in [0.5, 0.6) is 0 Å². The van der Waals surface area contributed by atoms with Crippen molar-refractivity contribution in [2.75, 3.05) is 5.33 Å². The molecule has 0 radical (unpaired) electrons. The van der Waals surface area contributed by atoms with Crippen LogP contribution in [0.15, 0.2) is 6.33 Å². The monoisotopic (exact) mass is 325 g/mol. The van der Waals surface area contributed by atoms with E-state index in [4.69, 9.17) is 0 Å². The van der Waals surface area contributed by atoms with E-state index >= 15 is 0 Å². The lowest BCUT2D eigenvalue weighted by atomic mass is 9.72. The van der Waals surface area contributed by atoms with Crippen molar-refractivity contribution in [3.8, 4) is 0 Å². The zero-order valence-electron chi connectivity index (χ0n) is 12.0. The first kappa shape index (κ1) is 13.6. The van der Waals surface area contributed by atoms with Gasteiger partial charge >= 0.3 is 0 Å². The molecule has 0 N–H and O–H groups in total. The van der Waals surface area contributed by atoms with Crippen molar-refractivity contribution in [3.05, 3.63) is 12.2 Å². The SMILES string of the molecule is CC(C)Cn1ncnc1CC1(CBr)CC2CCC1C2. The molecule has 2 aliphatic carbocycles. The summed E-state index contributed by atoms with van der Waals surface area (Å²) in [4.78, 5) is 4.54. The maximum Gasteiger partial charge on any atom is 0.138 e. The molecule has 106 valence electrons. The smallest absolute Gasteiger partial charge is 0.138 e. The van der Waals surface area contributed by atoms with Crippen molar-refractivity contribution in [2.24, 2.45) is 23.2 Å². The third-order valence-electron chi connectivity index (χ3n) is 5.11. The molecule has 19 heavy (non-hydrogen) atoms. The Morgan fingerprint density at radius 2 is 2.32 bits per heavy atom. The second-order valence-corrected chi connectivity index (χ2v) is 7.57. The highest BCUT2D eigenvalue weighted by Crippen LogP contribution is 2.57. The average molecular weight is 326 g/mol. The Morgan fingerprint density at radius 3 is 2.89 bits per heavy atom. The van der Waals surface area contributed by atoms with Gasteiger partial charge in [0.15, 0.2) is 0 Å². The molecule has 0 spiro atoms. The van der Waals surface area contributed by atoms with Gasteiger partial charge < -0.3 is 0 Å². The van der Waals surface area contributed by atoms with E-state index in [0.717, 1.165) is 30.1 Å². The fourth-order valence-electron chi connectivity index (χ4n) is 4.22. The minimum atomic E-state index is 0.449. The Bertz CT molecular complexity index is 442. The van der Waals surface area contributed by atoms with Crippen LogP contribution < -0.4 is 0 Å². The van der Waals surface area contributed by atoms with Crippen LogP contribution >= 0.6 is 15.9 Å². The van der Waals surface area contributed by atoms with E-state index in [1.807, 2.05) is 0 Å². The Labute approximate surface area is 124 Å². The van der Waals surface area contributed by atoms with Crippen molar-refractivity contribution in [1.29, 1.82) is 0 Å². The van der Waals surface area contributed by atoms with Crippen LogP contribution in [0.1, 0.15) is 45.4 Å². The average Bonchev–Trinajstić information content (AvgIpc) is 3.06. The molecule has 2 bridgehead atoms. The Morgan fingerprint density at radius 1 is 1.47 bits per heavy atom. The third kappa shape index (κ3) is 2.48. The summed E-state index contributed by atoms with van der Waals surface area (Å²) < 4.78 is 2.13. The summed E-state index contributed by atoms with van der Waals surface area (Å²) in [6.45, 7) is 5.47. The largest absolute Gasteiger partial charge is 0.250 e. The van der Waals surface area contributed by atoms with Crippen LogP contribution in [-0.4, -0.2) is 20.1 Å². The summed E-state index contributed by atoms with van der Waals surface area (Å²) in [6, 6.07) is 0. The van der Waals surface area contributed by atoms with Gasteiger partial charge in [-0.3, -0.25) is 0 Å². The Kier molecular flexibility index (Phi) is 3.71. The summed E-state index contributed by atoms with van der Waals surface area (Å²) in [5, 5.41) is 5.54. The van der Waals surface area contributed by atoms with Gasteiger partial charge in [0, 0.05) is 18.3 Å². The maximum atomic E-state index is 4.54. The number of aromatic nitrogens is 3. The molecule has 2 saturated carbocycles. The number of hydrogen-bond acceptors (Lipinski definition) is 2. The van der Waals surface area contributed by atoms with Crippen LogP contribution in [0.2, 0.25) is 0 Å². The zero-order valence-corrected chi connectivity index (χ0v) is 13.6. The van der Waals surface area contributed by atoms with Crippen molar-refractivity contribution in [1.82, 2.24) is 14.8 Å². The molecule has 2 fully saturated rings. The molecule has 1 aromatic rings. The summed E-state index contributed by atoms with van der Waals surface area (Å²) >= 11 is 3.80. The van der Waals surface area contributed by atoms with Crippen molar-refractivity contribution < 1.29 is 0 Å². The quantitative estimate of drug-likeness (QED) is 0.773. The molecule has 0 saturated heterocycles. The van der Waals surface area contributed by atoms with Gasteiger partial charge in [0.2, 0.25) is 0 Å². The molecular formula is C15H24BrN3. The van der Waals surface area contributed by atoms with E-state index in [0.29, 0.717) is 11.3 Å². The van der Waals surface area contributed by atoms with Gasteiger partial charge in [-0.05, 0) is 42.4 Å². The molecule has 3 rings (SSSR count). The molecule has 3 nitrogen and oxygen atoms in total. The van der Waals surface area contributed by atoms with Crippen LogP contribution in [0, 0.1) is 23.2 Å². The standard InChI is InChI=1S/C15H24BrN3/c1-11(2)8-19-14(17-10-18-19)7-15(9-16)6-12-3-4-13(15)5-12/h10-13H,3-9H2,1-2H3. The van der Waals surface area contributed by atoms with Gasteiger partial charge in [-0.25, -0.2) is 9.67 Å². The molecule has 0 amide bonds. The fraction of sp³-hybridized carbons (Fsp3) is 0.867. The first-order chi connectivity index (χ1) is 9.13. The second-order valence-electron chi connectivity index (χ2n) is 7.01. The zero-order chi connectivity index (χ0) is 13.5. The number of halogens is 1. The molecule has 4 heteroatoms. The molecule has 3 atom stereocenters. The summed E-state index contributed by atoms with van der Waals surface area (Å²) in [6.07, 6.45) is 8.55. The van der Waals surface area contributed by atoms with E-state index in [9.17, 15) is 0 Å². The highest BCUT2D eigenvalue weighted by atomic mass is 79.9. The first-order valence-electron chi connectivity index (χ1n) is 7.55. The lowest BCUT2D eigenvalue weighted by Crippen LogP contribution is -2.33. The third-order valence-corrected chi connectivity index (χ3v) is 6.23. The molecular weight excluding hydrogens is 302 g/mol. The van der Waals surface area contributed by atoms with Gasteiger partial charge in [-0.15, -0.1) is 0 Å². The van der Waals surface area contributed by atoms with Crippen LogP contribution in [-0.2, 0) is 13.0 Å². The van der Waals surface area contributed by atoms with Gasteiger partial charge in [0.1, 0.15) is 12.2 Å². The fourth-order valence-corrected chi connectivity index (χ4v) is 5.11. The van der Waals surface area contributed by atoms with E-state index in [2.05, 4.69) is 44.5 Å². The van der Waals surface area contributed by atoms with Gasteiger partial charge in [0.25, 0.3) is 0 Å². The molecule has 2 aliphatic rings. The minimum Gasteiger partial charge on any atom is -0.250 e.